The second-order valence-electron chi connectivity index (χ2n) is 8.71. The molecule has 1 aromatic carbocycles. The Morgan fingerprint density at radius 1 is 1.19 bits per heavy atom. The van der Waals surface area contributed by atoms with E-state index in [1.165, 1.54) is 0 Å². The van der Waals surface area contributed by atoms with Crippen molar-refractivity contribution in [3.05, 3.63) is 29.6 Å². The minimum absolute atomic E-state index is 0.319. The van der Waals surface area contributed by atoms with Crippen LogP contribution < -0.4 is 10.8 Å². The Balaban J connectivity index is 2.21. The molecule has 26 heavy (non-hydrogen) atoms. The molecule has 1 N–H and O–H groups in total. The van der Waals surface area contributed by atoms with Crippen LogP contribution in [-0.2, 0) is 14.0 Å². The summed E-state index contributed by atoms with van der Waals surface area (Å²) in [4.78, 5) is 12.0. The number of carbonyl (C=O) groups is 1. The van der Waals surface area contributed by atoms with E-state index < -0.39 is 41.9 Å². The second-order valence-corrected chi connectivity index (χ2v) is 8.71. The Morgan fingerprint density at radius 3 is 2.23 bits per heavy atom. The van der Waals surface area contributed by atoms with Crippen molar-refractivity contribution >= 4 is 18.7 Å². The maximum absolute atomic E-state index is 15.1. The van der Waals surface area contributed by atoms with Crippen LogP contribution in [0.25, 0.3) is 0 Å². The van der Waals surface area contributed by atoms with Crippen molar-refractivity contribution in [3.63, 3.8) is 0 Å². The molecule has 1 aromatic rings. The first-order valence-electron chi connectivity index (χ1n) is 8.87. The van der Waals surface area contributed by atoms with E-state index in [1.807, 2.05) is 27.7 Å². The summed E-state index contributed by atoms with van der Waals surface area (Å²) in [5.74, 6) is -0.449. The molecule has 0 unspecified atom stereocenters. The third-order valence-electron chi connectivity index (χ3n) is 4.77. The Bertz CT molecular complexity index is 669. The molecule has 1 heterocycles. The molecular weight excluding hydrogens is 336 g/mol. The van der Waals surface area contributed by atoms with Gasteiger partial charge in [0.25, 0.3) is 0 Å². The van der Waals surface area contributed by atoms with Crippen LogP contribution in [0.3, 0.4) is 0 Å². The SMILES string of the molecule is C[C@@H](NC(=O)OC(C)(C)C)c1cccc(B2OC(C)(C)C(C)(C)O2)c1F. The smallest absolute Gasteiger partial charge is 0.444 e. The average Bonchev–Trinajstić information content (AvgIpc) is 2.64. The average molecular weight is 365 g/mol. The molecule has 1 aliphatic heterocycles. The normalized spacial score (nSPS) is 20.0. The van der Waals surface area contributed by atoms with Crippen LogP contribution in [0.4, 0.5) is 9.18 Å². The van der Waals surface area contributed by atoms with Gasteiger partial charge in [-0.25, -0.2) is 9.18 Å². The lowest BCUT2D eigenvalue weighted by Gasteiger charge is -2.32. The zero-order valence-electron chi connectivity index (χ0n) is 16.9. The van der Waals surface area contributed by atoms with Crippen LogP contribution in [-0.4, -0.2) is 30.0 Å². The summed E-state index contributed by atoms with van der Waals surface area (Å²) in [6.45, 7) is 14.7. The van der Waals surface area contributed by atoms with Crippen LogP contribution in [0.5, 0.6) is 0 Å². The second kappa shape index (κ2) is 6.85. The van der Waals surface area contributed by atoms with Gasteiger partial charge in [-0.3, -0.25) is 0 Å². The van der Waals surface area contributed by atoms with Gasteiger partial charge >= 0.3 is 13.2 Å². The lowest BCUT2D eigenvalue weighted by atomic mass is 9.77. The van der Waals surface area contributed by atoms with Gasteiger partial charge in [0.15, 0.2) is 0 Å². The van der Waals surface area contributed by atoms with E-state index >= 15 is 4.39 Å². The van der Waals surface area contributed by atoms with Crippen molar-refractivity contribution in [1.29, 1.82) is 0 Å². The van der Waals surface area contributed by atoms with Gasteiger partial charge in [0.2, 0.25) is 0 Å². The highest BCUT2D eigenvalue weighted by molar-refractivity contribution is 6.62. The molecule has 0 radical (unpaired) electrons. The lowest BCUT2D eigenvalue weighted by Crippen LogP contribution is -2.41. The first kappa shape index (κ1) is 20.7. The van der Waals surface area contributed by atoms with Crippen molar-refractivity contribution in [2.45, 2.75) is 78.2 Å². The Hall–Kier alpha value is -1.60. The minimum Gasteiger partial charge on any atom is -0.444 e. The molecule has 0 saturated carbocycles. The van der Waals surface area contributed by atoms with E-state index in [2.05, 4.69) is 5.32 Å². The summed E-state index contributed by atoms with van der Waals surface area (Å²) in [6.07, 6.45) is -0.592. The lowest BCUT2D eigenvalue weighted by molar-refractivity contribution is 0.00578. The topological polar surface area (TPSA) is 56.8 Å². The predicted octanol–water partition coefficient (Wildman–Crippen LogP) is 3.71. The highest BCUT2D eigenvalue weighted by Crippen LogP contribution is 2.36. The van der Waals surface area contributed by atoms with E-state index in [1.54, 1.807) is 45.9 Å². The molecular formula is C19H29BFNO4. The van der Waals surface area contributed by atoms with Gasteiger partial charge in [0.1, 0.15) is 11.4 Å². The summed E-state index contributed by atoms with van der Waals surface area (Å²) in [5, 5.41) is 2.66. The quantitative estimate of drug-likeness (QED) is 0.830. The van der Waals surface area contributed by atoms with Crippen molar-refractivity contribution in [3.8, 4) is 0 Å². The van der Waals surface area contributed by atoms with E-state index in [9.17, 15) is 4.79 Å². The maximum Gasteiger partial charge on any atom is 0.497 e. The maximum atomic E-state index is 15.1. The van der Waals surface area contributed by atoms with Crippen molar-refractivity contribution in [2.24, 2.45) is 0 Å². The molecule has 0 aliphatic carbocycles. The number of halogens is 1. The van der Waals surface area contributed by atoms with E-state index in [4.69, 9.17) is 14.0 Å². The van der Waals surface area contributed by atoms with Gasteiger partial charge < -0.3 is 19.4 Å². The predicted molar refractivity (Wildman–Crippen MR) is 99.9 cm³/mol. The van der Waals surface area contributed by atoms with Crippen LogP contribution in [0.15, 0.2) is 18.2 Å². The summed E-state index contributed by atoms with van der Waals surface area (Å²) >= 11 is 0. The third-order valence-corrected chi connectivity index (χ3v) is 4.77. The molecule has 7 heteroatoms. The third kappa shape index (κ3) is 4.38. The molecule has 0 spiro atoms. The number of ether oxygens (including phenoxy) is 1. The molecule has 1 saturated heterocycles. The van der Waals surface area contributed by atoms with Crippen molar-refractivity contribution < 1.29 is 23.2 Å². The zero-order valence-corrected chi connectivity index (χ0v) is 16.9. The van der Waals surface area contributed by atoms with Crippen molar-refractivity contribution in [2.75, 3.05) is 0 Å². The number of hydrogen-bond acceptors (Lipinski definition) is 4. The molecule has 1 fully saturated rings. The Labute approximate surface area is 155 Å². The van der Waals surface area contributed by atoms with Crippen LogP contribution in [0, 0.1) is 5.82 Å². The fourth-order valence-electron chi connectivity index (χ4n) is 2.62. The molecule has 2 rings (SSSR count). The summed E-state index contributed by atoms with van der Waals surface area (Å²) < 4.78 is 32.2. The number of amides is 1. The highest BCUT2D eigenvalue weighted by atomic mass is 19.1. The van der Waals surface area contributed by atoms with Gasteiger partial charge in [-0.05, 0) is 55.4 Å². The highest BCUT2D eigenvalue weighted by Gasteiger charge is 2.52. The number of hydrogen-bond donors (Lipinski definition) is 1. The summed E-state index contributed by atoms with van der Waals surface area (Å²) in [7, 11) is -0.798. The van der Waals surface area contributed by atoms with Crippen LogP contribution in [0.1, 0.15) is 67.0 Å². The van der Waals surface area contributed by atoms with E-state index in [0.717, 1.165) is 0 Å². The largest absolute Gasteiger partial charge is 0.497 e. The van der Waals surface area contributed by atoms with Crippen LogP contribution in [0.2, 0.25) is 0 Å². The first-order valence-corrected chi connectivity index (χ1v) is 8.87. The fourth-order valence-corrected chi connectivity index (χ4v) is 2.62. The number of alkyl carbamates (subject to hydrolysis) is 1. The van der Waals surface area contributed by atoms with Gasteiger partial charge in [0.05, 0.1) is 17.2 Å². The standard InChI is InChI=1S/C19H29BFNO4/c1-12(22-16(23)24-17(2,3)4)13-10-9-11-14(15(13)21)20-25-18(5,6)19(7,8)26-20/h9-12H,1-8H3,(H,22,23)/t12-/m1/s1. The number of benzene rings is 1. The summed E-state index contributed by atoms with van der Waals surface area (Å²) in [5.41, 5.74) is -1.06. The van der Waals surface area contributed by atoms with Gasteiger partial charge in [0, 0.05) is 11.0 Å². The number of rotatable bonds is 3. The summed E-state index contributed by atoms with van der Waals surface area (Å²) in [6, 6.07) is 4.44. The van der Waals surface area contributed by atoms with Gasteiger partial charge in [-0.2, -0.15) is 0 Å². The molecule has 1 amide bonds. The van der Waals surface area contributed by atoms with Gasteiger partial charge in [-0.1, -0.05) is 18.2 Å². The Kier molecular flexibility index (Phi) is 5.46. The van der Waals surface area contributed by atoms with E-state index in [0.29, 0.717) is 11.0 Å². The molecule has 0 aromatic heterocycles. The van der Waals surface area contributed by atoms with E-state index in [-0.39, 0.29) is 0 Å². The fraction of sp³-hybridized carbons (Fsp3) is 0.632. The van der Waals surface area contributed by atoms with Crippen LogP contribution >= 0.6 is 0 Å². The Morgan fingerprint density at radius 2 is 1.73 bits per heavy atom. The molecule has 1 aliphatic rings. The minimum atomic E-state index is -0.798. The first-order chi connectivity index (χ1) is 11.7. The zero-order chi connectivity index (χ0) is 19.9. The number of carbonyl (C=O) groups excluding carboxylic acids is 1. The molecule has 1 atom stereocenters. The molecule has 0 bridgehead atoms. The molecule has 5 nitrogen and oxygen atoms in total. The monoisotopic (exact) mass is 365 g/mol. The molecule has 144 valence electrons. The van der Waals surface area contributed by atoms with Crippen molar-refractivity contribution in [1.82, 2.24) is 5.32 Å². The van der Waals surface area contributed by atoms with Gasteiger partial charge in [-0.15, -0.1) is 0 Å². The number of nitrogens with one attached hydrogen (secondary N) is 1.